The molecule has 2 heterocycles. The van der Waals surface area contributed by atoms with Gasteiger partial charge >= 0.3 is 0 Å². The molecule has 3 atom stereocenters. The average molecular weight is 496 g/mol. The molecule has 0 saturated heterocycles. The lowest BCUT2D eigenvalue weighted by atomic mass is 9.75. The molecule has 5 rings (SSSR count). The number of hydrogen-bond donors (Lipinski definition) is 2. The fourth-order valence-electron chi connectivity index (χ4n) is 5.41. The minimum absolute atomic E-state index is 0.0295. The number of carbonyl (C=O) groups is 1. The van der Waals surface area contributed by atoms with E-state index in [4.69, 9.17) is 5.73 Å². The summed E-state index contributed by atoms with van der Waals surface area (Å²) in [6, 6.07) is 6.20. The van der Waals surface area contributed by atoms with Crippen LogP contribution in [0.5, 0.6) is 0 Å². The van der Waals surface area contributed by atoms with Crippen LogP contribution in [0.2, 0.25) is 0 Å². The summed E-state index contributed by atoms with van der Waals surface area (Å²) in [7, 11) is 0. The first-order valence-electron chi connectivity index (χ1n) is 12.2. The lowest BCUT2D eigenvalue weighted by molar-refractivity contribution is 0.0987. The van der Waals surface area contributed by atoms with Gasteiger partial charge in [-0.15, -0.1) is 0 Å². The van der Waals surface area contributed by atoms with Gasteiger partial charge < -0.3 is 10.8 Å². The number of rotatable bonds is 6. The molecule has 2 aliphatic rings. The summed E-state index contributed by atoms with van der Waals surface area (Å²) < 4.78 is 44.4. The molecule has 3 N–H and O–H groups in total. The fourth-order valence-corrected chi connectivity index (χ4v) is 5.41. The zero-order chi connectivity index (χ0) is 25.6. The molecular formula is C28H28F3N3O2. The third-order valence-electron chi connectivity index (χ3n) is 7.38. The smallest absolute Gasteiger partial charge is 0.185 e. The Balaban J connectivity index is 1.44. The van der Waals surface area contributed by atoms with E-state index in [0.717, 1.165) is 48.6 Å². The van der Waals surface area contributed by atoms with Crippen LogP contribution in [-0.4, -0.2) is 26.9 Å². The van der Waals surface area contributed by atoms with Gasteiger partial charge in [0.25, 0.3) is 0 Å². The Bertz CT molecular complexity index is 1290. The van der Waals surface area contributed by atoms with Gasteiger partial charge in [-0.05, 0) is 91.0 Å². The van der Waals surface area contributed by atoms with E-state index in [-0.39, 0.29) is 29.6 Å². The normalized spacial score (nSPS) is 22.9. The molecule has 0 spiro atoms. The number of Topliss-reactive ketones (excluding diaryl/α,β-unsaturated/α-hetero) is 1. The maximum absolute atomic E-state index is 14.9. The van der Waals surface area contributed by atoms with Crippen molar-refractivity contribution >= 4 is 5.78 Å². The highest BCUT2D eigenvalue weighted by Gasteiger charge is 2.43. The van der Waals surface area contributed by atoms with Crippen molar-refractivity contribution in [2.45, 2.75) is 63.0 Å². The molecule has 0 unspecified atom stereocenters. The number of aliphatic hydroxyl groups is 1. The number of carbonyl (C=O) groups excluding carboxylic acids is 1. The maximum Gasteiger partial charge on any atom is 0.185 e. The van der Waals surface area contributed by atoms with Crippen molar-refractivity contribution < 1.29 is 23.1 Å². The summed E-state index contributed by atoms with van der Waals surface area (Å²) in [5.41, 5.74) is 5.50. The van der Waals surface area contributed by atoms with Crippen LogP contribution in [0.4, 0.5) is 13.2 Å². The van der Waals surface area contributed by atoms with E-state index in [1.54, 1.807) is 12.4 Å². The van der Waals surface area contributed by atoms with Gasteiger partial charge in [0, 0.05) is 24.9 Å². The van der Waals surface area contributed by atoms with Gasteiger partial charge in [0.2, 0.25) is 0 Å². The molecule has 188 valence electrons. The third-order valence-corrected chi connectivity index (χ3v) is 7.38. The Hall–Kier alpha value is -3.10. The first kappa shape index (κ1) is 24.6. The number of pyridine rings is 2. The van der Waals surface area contributed by atoms with Gasteiger partial charge in [-0.25, -0.2) is 18.2 Å². The number of aromatic nitrogens is 2. The van der Waals surface area contributed by atoms with E-state index in [1.165, 1.54) is 6.07 Å². The van der Waals surface area contributed by atoms with Crippen molar-refractivity contribution in [3.05, 3.63) is 82.6 Å². The second-order valence-corrected chi connectivity index (χ2v) is 10.3. The van der Waals surface area contributed by atoms with Crippen LogP contribution in [-0.2, 0) is 12.0 Å². The molecule has 36 heavy (non-hydrogen) atoms. The minimum Gasteiger partial charge on any atom is -0.385 e. The molecule has 3 aromatic rings. The van der Waals surface area contributed by atoms with Crippen LogP contribution < -0.4 is 5.73 Å². The van der Waals surface area contributed by atoms with Crippen LogP contribution in [0.25, 0.3) is 11.3 Å². The first-order chi connectivity index (χ1) is 17.1. The summed E-state index contributed by atoms with van der Waals surface area (Å²) in [5.74, 6) is -2.78. The molecular weight excluding hydrogens is 467 g/mol. The molecule has 0 bridgehead atoms. The summed E-state index contributed by atoms with van der Waals surface area (Å²) in [4.78, 5) is 21.4. The molecule has 8 heteroatoms. The number of benzene rings is 1. The fraction of sp³-hybridized carbons (Fsp3) is 0.393. The van der Waals surface area contributed by atoms with Crippen molar-refractivity contribution in [1.29, 1.82) is 0 Å². The Morgan fingerprint density at radius 3 is 2.47 bits per heavy atom. The van der Waals surface area contributed by atoms with E-state index >= 15 is 0 Å². The third kappa shape index (κ3) is 4.80. The highest BCUT2D eigenvalue weighted by molar-refractivity contribution is 5.96. The van der Waals surface area contributed by atoms with Crippen LogP contribution in [0.3, 0.4) is 0 Å². The Kier molecular flexibility index (Phi) is 6.43. The lowest BCUT2D eigenvalue weighted by Gasteiger charge is -2.32. The average Bonchev–Trinajstić information content (AvgIpc) is 3.58. The second kappa shape index (κ2) is 9.41. The molecule has 0 radical (unpaired) electrons. The summed E-state index contributed by atoms with van der Waals surface area (Å²) >= 11 is 0. The minimum atomic E-state index is -1.24. The van der Waals surface area contributed by atoms with Crippen molar-refractivity contribution in [3.63, 3.8) is 0 Å². The first-order valence-corrected chi connectivity index (χ1v) is 12.2. The van der Waals surface area contributed by atoms with Crippen LogP contribution in [0.15, 0.2) is 42.7 Å². The van der Waals surface area contributed by atoms with E-state index < -0.39 is 40.1 Å². The Morgan fingerprint density at radius 2 is 1.81 bits per heavy atom. The molecule has 2 fully saturated rings. The predicted octanol–water partition coefficient (Wildman–Crippen LogP) is 5.20. The molecule has 1 aromatic carbocycles. The second-order valence-electron chi connectivity index (χ2n) is 10.3. The van der Waals surface area contributed by atoms with E-state index in [0.29, 0.717) is 18.8 Å². The SMILES string of the molecule is C[C@@H]1C[C@H](N)C[C@H](c2ccncc2CC(=O)c2ccc(F)c(-c3c(F)cc(C4(O)CC4)cc3F)n2)C1. The molecule has 2 saturated carbocycles. The Morgan fingerprint density at radius 1 is 1.08 bits per heavy atom. The van der Waals surface area contributed by atoms with Crippen molar-refractivity contribution in [2.24, 2.45) is 11.7 Å². The largest absolute Gasteiger partial charge is 0.385 e. The zero-order valence-electron chi connectivity index (χ0n) is 20.0. The van der Waals surface area contributed by atoms with Gasteiger partial charge in [-0.3, -0.25) is 9.78 Å². The molecule has 2 aliphatic carbocycles. The van der Waals surface area contributed by atoms with Crippen LogP contribution in [0.1, 0.15) is 72.1 Å². The number of ketones is 1. The molecule has 5 nitrogen and oxygen atoms in total. The number of nitrogens with two attached hydrogens (primary N) is 1. The molecule has 0 aliphatic heterocycles. The van der Waals surface area contributed by atoms with E-state index in [9.17, 15) is 23.1 Å². The van der Waals surface area contributed by atoms with Crippen LogP contribution >= 0.6 is 0 Å². The van der Waals surface area contributed by atoms with E-state index in [2.05, 4.69) is 16.9 Å². The monoisotopic (exact) mass is 495 g/mol. The predicted molar refractivity (Wildman–Crippen MR) is 129 cm³/mol. The quantitative estimate of drug-likeness (QED) is 0.459. The Labute approximate surface area is 207 Å². The van der Waals surface area contributed by atoms with Gasteiger partial charge in [-0.1, -0.05) is 6.92 Å². The lowest BCUT2D eigenvalue weighted by Crippen LogP contribution is -2.31. The topological polar surface area (TPSA) is 89.1 Å². The highest BCUT2D eigenvalue weighted by Crippen LogP contribution is 2.46. The van der Waals surface area contributed by atoms with Gasteiger partial charge in [0.1, 0.15) is 28.8 Å². The number of halogens is 3. The number of nitrogens with zero attached hydrogens (tertiary/aromatic N) is 2. The summed E-state index contributed by atoms with van der Waals surface area (Å²) in [6.45, 7) is 2.16. The van der Waals surface area contributed by atoms with Gasteiger partial charge in [0.15, 0.2) is 5.78 Å². The van der Waals surface area contributed by atoms with Gasteiger partial charge in [0.05, 0.1) is 11.2 Å². The van der Waals surface area contributed by atoms with Crippen molar-refractivity contribution in [2.75, 3.05) is 0 Å². The van der Waals surface area contributed by atoms with Crippen LogP contribution in [0, 0.1) is 23.4 Å². The highest BCUT2D eigenvalue weighted by atomic mass is 19.1. The maximum atomic E-state index is 14.9. The molecule has 0 amide bonds. The van der Waals surface area contributed by atoms with Crippen molar-refractivity contribution in [3.8, 4) is 11.3 Å². The molecule has 2 aromatic heterocycles. The van der Waals surface area contributed by atoms with Crippen molar-refractivity contribution in [1.82, 2.24) is 9.97 Å². The summed E-state index contributed by atoms with van der Waals surface area (Å²) in [6.07, 6.45) is 6.86. The number of hydrogen-bond acceptors (Lipinski definition) is 5. The standard InChI is InChI=1S/C28H28F3N3O2/c1-15-8-16(10-19(32)9-15)20-4-7-33-14-17(20)11-25(35)24-3-2-21(29)27(34-24)26-22(30)12-18(13-23(26)31)28(36)5-6-28/h2-4,7,12-16,19,36H,5-6,8-11,32H2,1H3/t15-,16+,19-/m0/s1. The van der Waals surface area contributed by atoms with E-state index in [1.807, 2.05) is 6.07 Å². The zero-order valence-corrected chi connectivity index (χ0v) is 20.0. The summed E-state index contributed by atoms with van der Waals surface area (Å²) in [5, 5.41) is 10.2. The van der Waals surface area contributed by atoms with Gasteiger partial charge in [-0.2, -0.15) is 0 Å².